The molecule has 19 heavy (non-hydrogen) atoms. The van der Waals surface area contributed by atoms with Gasteiger partial charge in [-0.05, 0) is 19.4 Å². The number of nitrogen functional groups attached to an aromatic ring is 1. The fraction of sp³-hybridized carbons (Fsp3) is 0.538. The summed E-state index contributed by atoms with van der Waals surface area (Å²) < 4.78 is 5.59. The molecule has 0 aliphatic carbocycles. The first-order valence-corrected chi connectivity index (χ1v) is 6.74. The van der Waals surface area contributed by atoms with Crippen molar-refractivity contribution in [2.75, 3.05) is 18.9 Å². The van der Waals surface area contributed by atoms with Crippen LogP contribution in [0.2, 0.25) is 5.15 Å². The molecule has 0 saturated carbocycles. The van der Waals surface area contributed by atoms with E-state index in [2.05, 4.69) is 4.98 Å². The van der Waals surface area contributed by atoms with Crippen LogP contribution in [-0.4, -0.2) is 41.1 Å². The van der Waals surface area contributed by atoms with Crippen molar-refractivity contribution in [1.29, 1.82) is 0 Å². The monoisotopic (exact) mass is 283 g/mol. The van der Waals surface area contributed by atoms with Gasteiger partial charge in [0.05, 0.1) is 36.2 Å². The molecule has 1 aliphatic heterocycles. The molecule has 0 aromatic carbocycles. The summed E-state index contributed by atoms with van der Waals surface area (Å²) in [6.07, 6.45) is 2.29. The van der Waals surface area contributed by atoms with Gasteiger partial charge < -0.3 is 15.4 Å². The normalized spacial score (nSPS) is 23.4. The minimum atomic E-state index is -0.108. The maximum atomic E-state index is 12.6. The number of hydrogen-bond acceptors (Lipinski definition) is 4. The molecule has 1 aromatic heterocycles. The van der Waals surface area contributed by atoms with Gasteiger partial charge in [0, 0.05) is 6.54 Å². The molecule has 2 N–H and O–H groups in total. The number of rotatable bonds is 2. The molecule has 1 amide bonds. The smallest absolute Gasteiger partial charge is 0.256 e. The third-order valence-electron chi connectivity index (χ3n) is 3.33. The number of pyridine rings is 1. The molecule has 5 nitrogen and oxygen atoms in total. The molecule has 6 heteroatoms. The Morgan fingerprint density at radius 2 is 2.42 bits per heavy atom. The number of amides is 1. The van der Waals surface area contributed by atoms with Crippen LogP contribution in [-0.2, 0) is 4.74 Å². The largest absolute Gasteiger partial charge is 0.397 e. The van der Waals surface area contributed by atoms with E-state index in [9.17, 15) is 4.79 Å². The Balaban J connectivity index is 2.28. The van der Waals surface area contributed by atoms with Gasteiger partial charge in [-0.1, -0.05) is 18.5 Å². The summed E-state index contributed by atoms with van der Waals surface area (Å²) >= 11 is 5.84. The van der Waals surface area contributed by atoms with Gasteiger partial charge in [0.25, 0.3) is 5.91 Å². The number of nitrogens with two attached hydrogens (primary N) is 1. The Bertz CT molecular complexity index is 481. The molecule has 104 valence electrons. The first-order valence-electron chi connectivity index (χ1n) is 6.36. The summed E-state index contributed by atoms with van der Waals surface area (Å²) in [4.78, 5) is 18.3. The van der Waals surface area contributed by atoms with Crippen LogP contribution in [0.5, 0.6) is 0 Å². The van der Waals surface area contributed by atoms with E-state index in [1.807, 2.05) is 18.7 Å². The van der Waals surface area contributed by atoms with Crippen molar-refractivity contribution in [3.05, 3.63) is 23.0 Å². The van der Waals surface area contributed by atoms with Gasteiger partial charge in [-0.25, -0.2) is 4.98 Å². The van der Waals surface area contributed by atoms with Gasteiger partial charge >= 0.3 is 0 Å². The van der Waals surface area contributed by atoms with Crippen molar-refractivity contribution >= 4 is 23.2 Å². The van der Waals surface area contributed by atoms with Crippen LogP contribution < -0.4 is 5.73 Å². The average molecular weight is 284 g/mol. The molecule has 2 heterocycles. The van der Waals surface area contributed by atoms with E-state index in [4.69, 9.17) is 22.1 Å². The number of ether oxygens (including phenoxy) is 1. The van der Waals surface area contributed by atoms with Gasteiger partial charge in [0.1, 0.15) is 5.15 Å². The van der Waals surface area contributed by atoms with Crippen LogP contribution in [0.3, 0.4) is 0 Å². The van der Waals surface area contributed by atoms with Gasteiger partial charge in [-0.3, -0.25) is 4.79 Å². The summed E-state index contributed by atoms with van der Waals surface area (Å²) in [6, 6.07) is 1.60. The summed E-state index contributed by atoms with van der Waals surface area (Å²) in [6.45, 7) is 5.11. The molecule has 1 fully saturated rings. The van der Waals surface area contributed by atoms with Crippen molar-refractivity contribution in [3.63, 3.8) is 0 Å². The third kappa shape index (κ3) is 2.98. The van der Waals surface area contributed by atoms with E-state index in [1.54, 1.807) is 0 Å². The van der Waals surface area contributed by atoms with Crippen molar-refractivity contribution < 1.29 is 9.53 Å². The van der Waals surface area contributed by atoms with Gasteiger partial charge in [-0.2, -0.15) is 0 Å². The molecule has 2 rings (SSSR count). The lowest BCUT2D eigenvalue weighted by molar-refractivity contribution is -0.0443. The van der Waals surface area contributed by atoms with E-state index < -0.39 is 0 Å². The van der Waals surface area contributed by atoms with Crippen LogP contribution >= 0.6 is 11.6 Å². The van der Waals surface area contributed by atoms with Crippen LogP contribution in [0.15, 0.2) is 12.3 Å². The number of carbonyl (C=O) groups excluding carboxylic acids is 1. The van der Waals surface area contributed by atoms with Crippen molar-refractivity contribution in [1.82, 2.24) is 9.88 Å². The Morgan fingerprint density at radius 3 is 3.11 bits per heavy atom. The van der Waals surface area contributed by atoms with E-state index in [-0.39, 0.29) is 23.2 Å². The zero-order chi connectivity index (χ0) is 14.0. The average Bonchev–Trinajstić information content (AvgIpc) is 2.40. The summed E-state index contributed by atoms with van der Waals surface area (Å²) in [5.41, 5.74) is 6.58. The molecule has 2 unspecified atom stereocenters. The van der Waals surface area contributed by atoms with Crippen molar-refractivity contribution in [2.45, 2.75) is 32.4 Å². The van der Waals surface area contributed by atoms with E-state index in [1.165, 1.54) is 12.3 Å². The molecule has 1 aromatic rings. The quantitative estimate of drug-likeness (QED) is 0.843. The Kier molecular flexibility index (Phi) is 4.27. The zero-order valence-corrected chi connectivity index (χ0v) is 11.9. The highest BCUT2D eigenvalue weighted by Gasteiger charge is 2.30. The van der Waals surface area contributed by atoms with E-state index in [0.29, 0.717) is 24.4 Å². The highest BCUT2D eigenvalue weighted by molar-refractivity contribution is 6.29. The third-order valence-corrected chi connectivity index (χ3v) is 3.54. The predicted molar refractivity (Wildman–Crippen MR) is 74.2 cm³/mol. The Labute approximate surface area is 117 Å². The number of morpholine rings is 1. The van der Waals surface area contributed by atoms with Crippen LogP contribution in [0.4, 0.5) is 5.69 Å². The number of nitrogens with zero attached hydrogens (tertiary/aromatic N) is 2. The zero-order valence-electron chi connectivity index (χ0n) is 11.1. The summed E-state index contributed by atoms with van der Waals surface area (Å²) in [5, 5.41) is 0.270. The number of aromatic nitrogens is 1. The Hall–Kier alpha value is -1.33. The molecule has 0 bridgehead atoms. The Morgan fingerprint density at radius 1 is 1.68 bits per heavy atom. The second kappa shape index (κ2) is 5.75. The second-order valence-electron chi connectivity index (χ2n) is 4.76. The lowest BCUT2D eigenvalue weighted by Crippen LogP contribution is -2.51. The molecular weight excluding hydrogens is 266 g/mol. The van der Waals surface area contributed by atoms with Crippen molar-refractivity contribution in [3.8, 4) is 0 Å². The summed E-state index contributed by atoms with van der Waals surface area (Å²) in [5.74, 6) is -0.108. The van der Waals surface area contributed by atoms with Crippen LogP contribution in [0.1, 0.15) is 30.6 Å². The van der Waals surface area contributed by atoms with Gasteiger partial charge in [0.15, 0.2) is 0 Å². The molecule has 0 spiro atoms. The first kappa shape index (κ1) is 14.1. The number of halogens is 1. The van der Waals surface area contributed by atoms with E-state index in [0.717, 1.165) is 6.42 Å². The van der Waals surface area contributed by atoms with E-state index >= 15 is 0 Å². The fourth-order valence-electron chi connectivity index (χ4n) is 2.21. The molecular formula is C13H18ClN3O2. The second-order valence-corrected chi connectivity index (χ2v) is 5.15. The van der Waals surface area contributed by atoms with Crippen LogP contribution in [0, 0.1) is 0 Å². The molecule has 0 radical (unpaired) electrons. The maximum Gasteiger partial charge on any atom is 0.256 e. The highest BCUT2D eigenvalue weighted by atomic mass is 35.5. The predicted octanol–water partition coefficient (Wildman–Crippen LogP) is 1.96. The molecule has 2 atom stereocenters. The van der Waals surface area contributed by atoms with Gasteiger partial charge in [0.2, 0.25) is 0 Å². The summed E-state index contributed by atoms with van der Waals surface area (Å²) in [7, 11) is 0. The lowest BCUT2D eigenvalue weighted by Gasteiger charge is -2.38. The minimum absolute atomic E-state index is 0.0327. The van der Waals surface area contributed by atoms with Crippen LogP contribution in [0.25, 0.3) is 0 Å². The highest BCUT2D eigenvalue weighted by Crippen LogP contribution is 2.22. The lowest BCUT2D eigenvalue weighted by atomic mass is 10.1. The topological polar surface area (TPSA) is 68.5 Å². The fourth-order valence-corrected chi connectivity index (χ4v) is 2.37. The first-order chi connectivity index (χ1) is 9.02. The minimum Gasteiger partial charge on any atom is -0.397 e. The molecule has 1 aliphatic rings. The number of hydrogen-bond donors (Lipinski definition) is 1. The van der Waals surface area contributed by atoms with Crippen molar-refractivity contribution in [2.24, 2.45) is 0 Å². The maximum absolute atomic E-state index is 12.6. The standard InChI is InChI=1S/C13H18ClN3O2/c1-3-9-7-19-8(2)6-17(9)13(18)10-4-12(14)16-5-11(10)15/h4-5,8-9H,3,6-7,15H2,1-2H3. The molecule has 1 saturated heterocycles. The number of anilines is 1. The van der Waals surface area contributed by atoms with Gasteiger partial charge in [-0.15, -0.1) is 0 Å². The SMILES string of the molecule is CCC1COC(C)CN1C(=O)c1cc(Cl)ncc1N. The number of carbonyl (C=O) groups is 1.